The molecule has 1 unspecified atom stereocenters. The number of nitrogens with two attached hydrogens (primary N) is 4. The lowest BCUT2D eigenvalue weighted by Crippen LogP contribution is -2.66. The van der Waals surface area contributed by atoms with Crippen molar-refractivity contribution in [2.45, 2.75) is 218 Å². The van der Waals surface area contributed by atoms with E-state index in [0.29, 0.717) is 83.5 Å². The lowest BCUT2D eigenvalue weighted by Gasteiger charge is -2.42. The summed E-state index contributed by atoms with van der Waals surface area (Å²) in [6.45, 7) is 8.22. The minimum Gasteiger partial charge on any atom is -0.399 e. The number of rotatable bonds is 81. The SMILES string of the molecule is CC(=O)N[C@H]1[C@H]2OC[C@](COCCOCCOCCOCCN(N)/C=C(\N)COCC(COC/C(N)=C/N(N)CCOCCOCCOCCOC[C@]34CO[C@H](C[C@@H](O)[C@H]3O)O4)(COCc3cn(CCOCCOCCOCCOC[C@@]45CO[C@@H](O4)[C@H](NC(C)=O)[C@@H](O)[C@H]5O)nn3)NC(=O)CCCCCNC(=O)CCCCCOC3OCC(NC(=O)CCCCCSSc4ccccn4)CO3)(O2)[C@H](O)[C@@H]1O. The third-order valence-corrected chi connectivity index (χ3v) is 25.3. The Balaban J connectivity index is 0.692. The van der Waals surface area contributed by atoms with Crippen LogP contribution < -0.4 is 49.7 Å². The van der Waals surface area contributed by atoms with Gasteiger partial charge in [-0.25, -0.2) is 21.4 Å². The van der Waals surface area contributed by atoms with Gasteiger partial charge in [-0.3, -0.25) is 24.0 Å². The number of hydrogen-bond donors (Lipinski definition) is 15. The summed E-state index contributed by atoms with van der Waals surface area (Å²) in [4.78, 5) is 67.4. The highest BCUT2D eigenvalue weighted by atomic mass is 33.1. The van der Waals surface area contributed by atoms with Gasteiger partial charge in [0.15, 0.2) is 18.9 Å². The molecule has 7 aliphatic rings. The van der Waals surface area contributed by atoms with Crippen LogP contribution in [0.2, 0.25) is 0 Å². The van der Waals surface area contributed by atoms with Crippen LogP contribution in [0.3, 0.4) is 0 Å². The van der Waals surface area contributed by atoms with Crippen molar-refractivity contribution in [3.05, 3.63) is 60.1 Å². The number of unbranched alkanes of at least 4 members (excludes halogenated alkanes) is 6. The summed E-state index contributed by atoms with van der Waals surface area (Å²) < 4.78 is 140. The van der Waals surface area contributed by atoms with Gasteiger partial charge in [0.05, 0.1) is 287 Å². The van der Waals surface area contributed by atoms with Crippen LogP contribution in [0.15, 0.2) is 59.4 Å². The number of aromatic nitrogens is 4. The molecule has 9 rings (SSSR count). The number of nitrogens with one attached hydrogen (secondary N) is 5. The molecule has 2 aromatic rings. The van der Waals surface area contributed by atoms with Gasteiger partial charge in [-0.1, -0.05) is 41.3 Å². The number of carbonyl (C=O) groups excluding carboxylic acids is 5. The third-order valence-electron chi connectivity index (χ3n) is 23.0. The van der Waals surface area contributed by atoms with Crippen molar-refractivity contribution in [1.82, 2.24) is 56.6 Å². The quantitative estimate of drug-likeness (QED) is 0.0131. The van der Waals surface area contributed by atoms with E-state index in [1.807, 2.05) is 18.2 Å². The monoisotopic (exact) mass is 2060 g/mol. The number of aliphatic hydroxyl groups is 6. The van der Waals surface area contributed by atoms with E-state index in [1.54, 1.807) is 38.7 Å². The van der Waals surface area contributed by atoms with Crippen LogP contribution in [0, 0.1) is 0 Å². The molecule has 52 heteroatoms. The Labute approximate surface area is 830 Å². The van der Waals surface area contributed by atoms with Gasteiger partial charge in [-0.2, -0.15) is 0 Å². The van der Waals surface area contributed by atoms with E-state index in [4.69, 9.17) is 137 Å². The van der Waals surface area contributed by atoms with Gasteiger partial charge in [0.2, 0.25) is 29.5 Å². The molecule has 7 fully saturated rings. The average Bonchev–Trinajstić information content (AvgIpc) is 1.62. The predicted molar refractivity (Wildman–Crippen MR) is 499 cm³/mol. The smallest absolute Gasteiger partial charge is 0.271 e. The second-order valence-corrected chi connectivity index (χ2v) is 37.4. The Morgan fingerprint density at radius 2 is 0.986 bits per heavy atom. The van der Waals surface area contributed by atoms with Gasteiger partial charge in [0.1, 0.15) is 75.7 Å². The van der Waals surface area contributed by atoms with E-state index in [0.717, 1.165) is 36.5 Å². The number of carbonyl (C=O) groups is 5. The second-order valence-electron chi connectivity index (χ2n) is 35.0. The molecular weight excluding hydrogens is 1900 g/mol. The predicted octanol–water partition coefficient (Wildman–Crippen LogP) is -3.76. The van der Waals surface area contributed by atoms with Gasteiger partial charge in [0, 0.05) is 70.4 Å². The van der Waals surface area contributed by atoms with Crippen LogP contribution in [0.4, 0.5) is 0 Å². The van der Waals surface area contributed by atoms with Crippen LogP contribution >= 0.6 is 21.6 Å². The molecular formula is C89H153N15O35S2. The number of hydrazine groups is 2. The summed E-state index contributed by atoms with van der Waals surface area (Å²) in [5.41, 5.74) is 8.86. The molecule has 0 saturated carbocycles. The fourth-order valence-electron chi connectivity index (χ4n) is 15.6. The summed E-state index contributed by atoms with van der Waals surface area (Å²) in [6, 6.07) is 3.75. The molecule has 9 heterocycles. The van der Waals surface area contributed by atoms with Crippen molar-refractivity contribution < 1.29 is 168 Å². The molecule has 0 aliphatic carbocycles. The van der Waals surface area contributed by atoms with Crippen molar-refractivity contribution >= 4 is 51.1 Å². The van der Waals surface area contributed by atoms with Gasteiger partial charge in [0.25, 0.3) is 6.48 Å². The number of nitrogens with zero attached hydrogens (tertiary/aromatic N) is 6. The van der Waals surface area contributed by atoms with Crippen molar-refractivity contribution in [2.75, 3.05) is 257 Å². The van der Waals surface area contributed by atoms with Crippen molar-refractivity contribution in [3.8, 4) is 0 Å². The highest BCUT2D eigenvalue weighted by molar-refractivity contribution is 8.76. The second kappa shape index (κ2) is 66.9. The van der Waals surface area contributed by atoms with E-state index in [9.17, 15) is 54.6 Å². The Bertz CT molecular complexity index is 3860. The van der Waals surface area contributed by atoms with Crippen LogP contribution in [0.5, 0.6) is 0 Å². The molecule has 2 aromatic heterocycles. The molecule has 7 aliphatic heterocycles. The molecule has 806 valence electrons. The molecule has 5 amide bonds. The lowest BCUT2D eigenvalue weighted by atomic mass is 9.88. The number of fused-ring (bicyclic) bond motifs is 6. The fraction of sp³-hybridized carbons (Fsp3) is 0.820. The van der Waals surface area contributed by atoms with Gasteiger partial charge >= 0.3 is 0 Å². The number of amides is 5. The van der Waals surface area contributed by atoms with Crippen molar-refractivity contribution in [1.29, 1.82) is 0 Å². The van der Waals surface area contributed by atoms with Crippen LogP contribution in [0.25, 0.3) is 0 Å². The fourth-order valence-corrected chi connectivity index (χ4v) is 17.6. The molecule has 141 heavy (non-hydrogen) atoms. The van der Waals surface area contributed by atoms with Crippen LogP contribution in [-0.2, 0) is 151 Å². The Morgan fingerprint density at radius 1 is 0.518 bits per heavy atom. The standard InChI is InChI=1S/C89H153N15O35S2/c1-64(105)96-76-78(111)81(114)88(62-135-83(76)138-88)59-126-43-40-123-37-34-120-31-28-117-25-21-103(93)48-67(91)51-129-56-86(55-128-50-66(90)47-102(92)20-24-116-27-30-119-33-36-122-39-42-125-58-87-61-134-75(137-87)46-70(107)80(87)113,57-130-52-68-49-104(101-100-68)22-26-118-29-32-121-35-38-124-41-44-127-60-89-63-136-84(139-89)77(97-65(2)106)79(112)82(89)115)99-73(110)16-6-3-10-18-94-71(108)14-7-4-12-23-131-85-132-53-69(54-133-85)98-72(109)15-8-5-13-45-140-141-74-17-9-11-19-95-74/h9,11,17,19,47-49,69-70,75-85,107,111-115H,3-8,10,12-16,18,20-46,50-63,90-93H2,1-2H3,(H,94,108)(H,96,105)(H,97,106)(H,98,109)(H,99,110)/b66-47-,67-48-/t69?,70-,75+,76-,77-,78-,79-,80-,81-,82-,83+,84+,85?,86?,87+,88+,89+/m1/s1. The summed E-state index contributed by atoms with van der Waals surface area (Å²) in [7, 11) is 3.42. The van der Waals surface area contributed by atoms with Crippen LogP contribution in [0.1, 0.15) is 103 Å². The maximum absolute atomic E-state index is 14.3. The lowest BCUT2D eigenvalue weighted by molar-refractivity contribution is -0.315. The molecule has 6 bridgehead atoms. The molecule has 0 aromatic carbocycles. The Hall–Kier alpha value is -6.26. The molecule has 0 radical (unpaired) electrons. The first-order valence-corrected chi connectivity index (χ1v) is 50.6. The summed E-state index contributed by atoms with van der Waals surface area (Å²) in [6.07, 6.45) is 4.17. The summed E-state index contributed by atoms with van der Waals surface area (Å²) >= 11 is 0. The topological polar surface area (TPSA) is 643 Å². The summed E-state index contributed by atoms with van der Waals surface area (Å²) in [5.74, 6) is 12.4. The minimum atomic E-state index is -1.40. The molecule has 0 spiro atoms. The highest BCUT2D eigenvalue weighted by Gasteiger charge is 2.61. The van der Waals surface area contributed by atoms with Gasteiger partial charge in [-0.15, -0.1) is 5.10 Å². The maximum atomic E-state index is 14.3. The zero-order valence-corrected chi connectivity index (χ0v) is 82.7. The third kappa shape index (κ3) is 44.4. The number of ether oxygens (including phenoxy) is 24. The van der Waals surface area contributed by atoms with E-state index < -0.39 is 108 Å². The highest BCUT2D eigenvalue weighted by Crippen LogP contribution is 2.40. The van der Waals surface area contributed by atoms with Gasteiger partial charge in [-0.05, 0) is 61.5 Å². The van der Waals surface area contributed by atoms with E-state index >= 15 is 0 Å². The van der Waals surface area contributed by atoms with Crippen molar-refractivity contribution in [3.63, 3.8) is 0 Å². The first-order chi connectivity index (χ1) is 68.3. The first kappa shape index (κ1) is 118. The molecule has 19 N–H and O–H groups in total. The largest absolute Gasteiger partial charge is 0.399 e. The van der Waals surface area contributed by atoms with E-state index in [1.165, 1.54) is 36.3 Å². The summed E-state index contributed by atoms with van der Waals surface area (Å²) in [5, 5.41) is 90.1. The molecule has 15 atom stereocenters. The molecule has 50 nitrogen and oxygen atoms in total. The van der Waals surface area contributed by atoms with Crippen LogP contribution in [-0.4, -0.2) is 449 Å². The number of pyridine rings is 1. The van der Waals surface area contributed by atoms with Gasteiger partial charge < -0.3 is 192 Å². The van der Waals surface area contributed by atoms with E-state index in [-0.39, 0.29) is 279 Å². The zero-order valence-electron chi connectivity index (χ0n) is 81.1. The Kier molecular flexibility index (Phi) is 56.1. The van der Waals surface area contributed by atoms with Crippen molar-refractivity contribution in [2.24, 2.45) is 23.2 Å². The number of hydrogen-bond acceptors (Lipinski definition) is 46. The average molecular weight is 2060 g/mol. The normalized spacial score (nSPS) is 25.8. The minimum absolute atomic E-state index is 0.0245. The molecule has 7 saturated heterocycles. The van der Waals surface area contributed by atoms with E-state index in [2.05, 4.69) is 41.9 Å². The number of aliphatic hydroxyl groups excluding tert-OH is 6. The first-order valence-electron chi connectivity index (χ1n) is 48.3. The maximum Gasteiger partial charge on any atom is 0.271 e. The zero-order chi connectivity index (χ0) is 101. The Morgan fingerprint density at radius 3 is 1.50 bits per heavy atom.